The van der Waals surface area contributed by atoms with Crippen LogP contribution in [0.1, 0.15) is 43.4 Å². The van der Waals surface area contributed by atoms with Gasteiger partial charge in [0.15, 0.2) is 0 Å². The van der Waals surface area contributed by atoms with Crippen molar-refractivity contribution in [2.75, 3.05) is 13.1 Å². The highest BCUT2D eigenvalue weighted by molar-refractivity contribution is 5.83. The van der Waals surface area contributed by atoms with Gasteiger partial charge in [-0.15, -0.1) is 0 Å². The molecule has 1 aromatic carbocycles. The molecule has 0 bridgehead atoms. The monoisotopic (exact) mass is 330 g/mol. The zero-order valence-electron chi connectivity index (χ0n) is 13.8. The zero-order chi connectivity index (χ0) is 17.3. The first kappa shape index (κ1) is 16.5. The molecule has 1 atom stereocenters. The van der Waals surface area contributed by atoms with Gasteiger partial charge in [0.1, 0.15) is 6.54 Å². The number of carbonyl (C=O) groups is 3. The summed E-state index contributed by atoms with van der Waals surface area (Å²) in [4.78, 5) is 39.0. The predicted octanol–water partition coefficient (Wildman–Crippen LogP) is 1.60. The number of hydrogen-bond acceptors (Lipinski definition) is 3. The molecule has 0 spiro atoms. The van der Waals surface area contributed by atoms with E-state index in [1.165, 1.54) is 11.8 Å². The van der Waals surface area contributed by atoms with E-state index in [0.717, 1.165) is 30.4 Å². The first-order chi connectivity index (χ1) is 11.5. The van der Waals surface area contributed by atoms with E-state index in [4.69, 9.17) is 5.11 Å². The second-order valence-electron chi connectivity index (χ2n) is 6.53. The number of aliphatic carboxylic acids is 1. The lowest BCUT2D eigenvalue weighted by Gasteiger charge is -2.37. The fourth-order valence-corrected chi connectivity index (χ4v) is 3.48. The summed E-state index contributed by atoms with van der Waals surface area (Å²) in [7, 11) is 0. The minimum Gasteiger partial charge on any atom is -0.480 e. The van der Waals surface area contributed by atoms with E-state index >= 15 is 0 Å². The molecule has 1 aliphatic carbocycles. The Hall–Kier alpha value is -2.37. The Morgan fingerprint density at radius 2 is 1.96 bits per heavy atom. The molecule has 24 heavy (non-hydrogen) atoms. The van der Waals surface area contributed by atoms with Gasteiger partial charge in [-0.3, -0.25) is 14.4 Å². The lowest BCUT2D eigenvalue weighted by molar-refractivity contribution is -0.146. The average molecular weight is 330 g/mol. The predicted molar refractivity (Wildman–Crippen MR) is 87.3 cm³/mol. The van der Waals surface area contributed by atoms with Crippen LogP contribution in [0.2, 0.25) is 0 Å². The Bertz CT molecular complexity index is 669. The van der Waals surface area contributed by atoms with Crippen LogP contribution in [0, 0.1) is 0 Å². The minimum atomic E-state index is -0.997. The fourth-order valence-electron chi connectivity index (χ4n) is 3.48. The van der Waals surface area contributed by atoms with Crippen LogP contribution < -0.4 is 0 Å². The first-order valence-electron chi connectivity index (χ1n) is 8.33. The van der Waals surface area contributed by atoms with Gasteiger partial charge in [0.05, 0.1) is 12.5 Å². The third-order valence-corrected chi connectivity index (χ3v) is 4.80. The maximum Gasteiger partial charge on any atom is 0.323 e. The van der Waals surface area contributed by atoms with Crippen molar-refractivity contribution in [1.29, 1.82) is 0 Å². The van der Waals surface area contributed by atoms with Crippen LogP contribution in [-0.4, -0.2) is 51.8 Å². The van der Waals surface area contributed by atoms with Gasteiger partial charge in [0, 0.05) is 19.5 Å². The number of fused-ring (bicyclic) bond motifs is 1. The molecule has 0 radical (unpaired) electrons. The molecule has 3 rings (SSSR count). The van der Waals surface area contributed by atoms with Crippen molar-refractivity contribution in [3.63, 3.8) is 0 Å². The summed E-state index contributed by atoms with van der Waals surface area (Å²) in [6, 6.07) is 7.59. The normalized spacial score (nSPS) is 19.5. The molecular weight excluding hydrogens is 308 g/mol. The summed E-state index contributed by atoms with van der Waals surface area (Å²) >= 11 is 0. The van der Waals surface area contributed by atoms with Gasteiger partial charge in [-0.25, -0.2) is 0 Å². The molecule has 1 aromatic rings. The van der Waals surface area contributed by atoms with E-state index in [9.17, 15) is 14.4 Å². The lowest BCUT2D eigenvalue weighted by atomic mass is 9.90. The maximum absolute atomic E-state index is 12.7. The number of amides is 2. The molecule has 6 heteroatoms. The van der Waals surface area contributed by atoms with Crippen molar-refractivity contribution in [1.82, 2.24) is 9.80 Å². The molecule has 6 nitrogen and oxygen atoms in total. The molecule has 1 fully saturated rings. The number of nitrogens with zero attached hydrogens (tertiary/aromatic N) is 2. The summed E-state index contributed by atoms with van der Waals surface area (Å²) in [5.74, 6) is -1.24. The SMILES string of the molecule is CC(=O)N1CCc2ccccc2[C@@H]1CC(=O)N(CC(=O)O)C1CC1. The quantitative estimate of drug-likeness (QED) is 0.889. The Kier molecular flexibility index (Phi) is 4.55. The molecule has 2 aliphatic rings. The first-order valence-corrected chi connectivity index (χ1v) is 8.33. The van der Waals surface area contributed by atoms with Crippen LogP contribution in [0.5, 0.6) is 0 Å². The highest BCUT2D eigenvalue weighted by atomic mass is 16.4. The summed E-state index contributed by atoms with van der Waals surface area (Å²) in [6.45, 7) is 1.84. The molecule has 1 aliphatic heterocycles. The van der Waals surface area contributed by atoms with Crippen molar-refractivity contribution in [3.05, 3.63) is 35.4 Å². The second kappa shape index (κ2) is 6.63. The Labute approximate surface area is 141 Å². The molecule has 0 aromatic heterocycles. The van der Waals surface area contributed by atoms with Crippen molar-refractivity contribution < 1.29 is 19.5 Å². The fraction of sp³-hybridized carbons (Fsp3) is 0.500. The third-order valence-electron chi connectivity index (χ3n) is 4.80. The molecule has 128 valence electrons. The van der Waals surface area contributed by atoms with Crippen LogP contribution in [0.4, 0.5) is 0 Å². The van der Waals surface area contributed by atoms with Crippen LogP contribution in [0.15, 0.2) is 24.3 Å². The van der Waals surface area contributed by atoms with Gasteiger partial charge in [0.25, 0.3) is 0 Å². The number of carboxylic acid groups (broad SMARTS) is 1. The van der Waals surface area contributed by atoms with E-state index in [-0.39, 0.29) is 36.9 Å². The van der Waals surface area contributed by atoms with Crippen molar-refractivity contribution in [2.45, 2.75) is 44.7 Å². The standard InChI is InChI=1S/C18H22N2O4/c1-12(21)19-9-8-13-4-2-3-5-15(13)16(19)10-17(22)20(11-18(23)24)14-6-7-14/h2-5,14,16H,6-11H2,1H3,(H,23,24)/t16-/m0/s1. The number of rotatable bonds is 5. The van der Waals surface area contributed by atoms with Crippen molar-refractivity contribution in [3.8, 4) is 0 Å². The van der Waals surface area contributed by atoms with E-state index in [2.05, 4.69) is 0 Å². The molecular formula is C18H22N2O4. The van der Waals surface area contributed by atoms with Gasteiger partial charge >= 0.3 is 5.97 Å². The Morgan fingerprint density at radius 3 is 2.58 bits per heavy atom. The zero-order valence-corrected chi connectivity index (χ0v) is 13.8. The Balaban J connectivity index is 1.83. The van der Waals surface area contributed by atoms with Crippen LogP contribution in [-0.2, 0) is 20.8 Å². The lowest BCUT2D eigenvalue weighted by Crippen LogP contribution is -2.43. The topological polar surface area (TPSA) is 77.9 Å². The summed E-state index contributed by atoms with van der Waals surface area (Å²) < 4.78 is 0. The Morgan fingerprint density at radius 1 is 1.25 bits per heavy atom. The number of carbonyl (C=O) groups excluding carboxylic acids is 2. The van der Waals surface area contributed by atoms with Crippen molar-refractivity contribution >= 4 is 17.8 Å². The van der Waals surface area contributed by atoms with Gasteiger partial charge < -0.3 is 14.9 Å². The van der Waals surface area contributed by atoms with Crippen LogP contribution in [0.25, 0.3) is 0 Å². The van der Waals surface area contributed by atoms with Gasteiger partial charge in [-0.05, 0) is 30.4 Å². The smallest absolute Gasteiger partial charge is 0.323 e. The second-order valence-corrected chi connectivity index (χ2v) is 6.53. The van der Waals surface area contributed by atoms with Gasteiger partial charge in [0.2, 0.25) is 11.8 Å². The highest BCUT2D eigenvalue weighted by Gasteiger charge is 2.37. The number of hydrogen-bond donors (Lipinski definition) is 1. The summed E-state index contributed by atoms with van der Waals surface area (Å²) in [5, 5.41) is 9.05. The highest BCUT2D eigenvalue weighted by Crippen LogP contribution is 2.34. The van der Waals surface area contributed by atoms with E-state index in [1.807, 2.05) is 24.3 Å². The molecule has 2 amide bonds. The molecule has 1 N–H and O–H groups in total. The number of carboxylic acids is 1. The van der Waals surface area contributed by atoms with Crippen LogP contribution >= 0.6 is 0 Å². The van der Waals surface area contributed by atoms with E-state index in [1.54, 1.807) is 4.90 Å². The van der Waals surface area contributed by atoms with E-state index < -0.39 is 5.97 Å². The van der Waals surface area contributed by atoms with Crippen molar-refractivity contribution in [2.24, 2.45) is 0 Å². The summed E-state index contributed by atoms with van der Waals surface area (Å²) in [6.07, 6.45) is 2.63. The maximum atomic E-state index is 12.7. The third kappa shape index (κ3) is 3.42. The number of benzene rings is 1. The van der Waals surface area contributed by atoms with Gasteiger partial charge in [-0.1, -0.05) is 24.3 Å². The molecule has 0 saturated heterocycles. The van der Waals surface area contributed by atoms with Gasteiger partial charge in [-0.2, -0.15) is 0 Å². The van der Waals surface area contributed by atoms with Crippen LogP contribution in [0.3, 0.4) is 0 Å². The molecule has 1 heterocycles. The largest absolute Gasteiger partial charge is 0.480 e. The molecule has 0 unspecified atom stereocenters. The minimum absolute atomic E-state index is 0.0400. The van der Waals surface area contributed by atoms with E-state index in [0.29, 0.717) is 6.54 Å². The molecule has 1 saturated carbocycles. The summed E-state index contributed by atoms with van der Waals surface area (Å²) in [5.41, 5.74) is 2.15. The average Bonchev–Trinajstić information content (AvgIpc) is 3.37.